The standard InChI is InChI=1S/C30H50/c1-21(2)11-9-12-22(3)23-15-19-29(7)24(23)13-14-26-28(6)18-10-17-27(4,5)25(28)16-20-30(26,29)8/h11,24-26H,9-10,12-20H2,1-8H3/b23-22+/t24-,25-,26-,28+,29-,30-/m1/s1. The predicted octanol–water partition coefficient (Wildman–Crippen LogP) is 9.51. The van der Waals surface area contributed by atoms with Gasteiger partial charge in [0.05, 0.1) is 0 Å². The molecule has 0 aliphatic heterocycles. The van der Waals surface area contributed by atoms with E-state index in [1.54, 1.807) is 5.57 Å². The summed E-state index contributed by atoms with van der Waals surface area (Å²) in [5, 5.41) is 0. The third-order valence-corrected chi connectivity index (χ3v) is 11.6. The Morgan fingerprint density at radius 1 is 0.833 bits per heavy atom. The summed E-state index contributed by atoms with van der Waals surface area (Å²) in [4.78, 5) is 0. The minimum Gasteiger partial charge on any atom is -0.0856 e. The largest absolute Gasteiger partial charge is 0.0856 e. The highest BCUT2D eigenvalue weighted by atomic mass is 14.7. The fourth-order valence-corrected chi connectivity index (χ4v) is 9.87. The van der Waals surface area contributed by atoms with Crippen molar-refractivity contribution in [1.82, 2.24) is 0 Å². The molecule has 0 aromatic rings. The molecule has 0 aromatic carbocycles. The molecule has 6 atom stereocenters. The van der Waals surface area contributed by atoms with Gasteiger partial charge in [-0.25, -0.2) is 0 Å². The van der Waals surface area contributed by atoms with Crippen LogP contribution in [0.25, 0.3) is 0 Å². The van der Waals surface area contributed by atoms with Crippen molar-refractivity contribution in [2.45, 2.75) is 126 Å². The highest BCUT2D eigenvalue weighted by molar-refractivity contribution is 5.29. The van der Waals surface area contributed by atoms with Gasteiger partial charge in [0.15, 0.2) is 0 Å². The quantitative estimate of drug-likeness (QED) is 0.406. The molecule has 4 rings (SSSR count). The Morgan fingerprint density at radius 2 is 1.57 bits per heavy atom. The van der Waals surface area contributed by atoms with Gasteiger partial charge in [0, 0.05) is 0 Å². The van der Waals surface area contributed by atoms with Crippen molar-refractivity contribution in [3.63, 3.8) is 0 Å². The lowest BCUT2D eigenvalue weighted by atomic mass is 9.36. The van der Waals surface area contributed by atoms with Crippen LogP contribution in [0.5, 0.6) is 0 Å². The Labute approximate surface area is 188 Å². The molecule has 0 heteroatoms. The maximum absolute atomic E-state index is 2.76. The Balaban J connectivity index is 1.64. The zero-order valence-electron chi connectivity index (χ0n) is 21.6. The predicted molar refractivity (Wildman–Crippen MR) is 131 cm³/mol. The van der Waals surface area contributed by atoms with E-state index in [-0.39, 0.29) is 0 Å². The molecule has 0 amide bonds. The van der Waals surface area contributed by atoms with Crippen molar-refractivity contribution in [3.8, 4) is 0 Å². The van der Waals surface area contributed by atoms with E-state index in [0.717, 1.165) is 17.8 Å². The second-order valence-electron chi connectivity index (χ2n) is 13.6. The SMILES string of the molecule is CC(C)=CCC/C(C)=C1\CC[C@]2(C)[C@@H]1CC[C@@H]1[C@@]3(C)CCCC(C)(C)[C@H]3CC[C@]12C. The van der Waals surface area contributed by atoms with Gasteiger partial charge in [-0.2, -0.15) is 0 Å². The van der Waals surface area contributed by atoms with E-state index in [9.17, 15) is 0 Å². The first-order chi connectivity index (χ1) is 14.0. The highest BCUT2D eigenvalue weighted by Gasteiger charge is 2.66. The van der Waals surface area contributed by atoms with Crippen LogP contribution >= 0.6 is 0 Å². The van der Waals surface area contributed by atoms with Crippen molar-refractivity contribution in [1.29, 1.82) is 0 Å². The third kappa shape index (κ3) is 3.21. The van der Waals surface area contributed by atoms with Gasteiger partial charge >= 0.3 is 0 Å². The van der Waals surface area contributed by atoms with E-state index in [2.05, 4.69) is 61.5 Å². The maximum Gasteiger partial charge on any atom is -0.0141 e. The molecule has 30 heavy (non-hydrogen) atoms. The lowest BCUT2D eigenvalue weighted by Gasteiger charge is -2.69. The van der Waals surface area contributed by atoms with Crippen LogP contribution in [0.2, 0.25) is 0 Å². The van der Waals surface area contributed by atoms with Crippen LogP contribution in [0, 0.1) is 39.4 Å². The van der Waals surface area contributed by atoms with E-state index >= 15 is 0 Å². The van der Waals surface area contributed by atoms with Crippen LogP contribution in [0.4, 0.5) is 0 Å². The van der Waals surface area contributed by atoms with E-state index < -0.39 is 0 Å². The molecule has 0 unspecified atom stereocenters. The van der Waals surface area contributed by atoms with E-state index in [0.29, 0.717) is 21.7 Å². The minimum atomic E-state index is 0.526. The normalized spacial score (nSPS) is 46.5. The van der Waals surface area contributed by atoms with Crippen molar-refractivity contribution in [2.75, 3.05) is 0 Å². The first-order valence-electron chi connectivity index (χ1n) is 13.3. The molecule has 4 aliphatic rings. The van der Waals surface area contributed by atoms with Crippen molar-refractivity contribution < 1.29 is 0 Å². The number of hydrogen-bond acceptors (Lipinski definition) is 0. The first-order valence-corrected chi connectivity index (χ1v) is 13.3. The van der Waals surface area contributed by atoms with Crippen LogP contribution < -0.4 is 0 Å². The van der Waals surface area contributed by atoms with Crippen LogP contribution in [0.15, 0.2) is 22.8 Å². The molecule has 0 heterocycles. The molecule has 0 radical (unpaired) electrons. The monoisotopic (exact) mass is 410 g/mol. The smallest absolute Gasteiger partial charge is 0.0141 e. The molecule has 0 bridgehead atoms. The Morgan fingerprint density at radius 3 is 2.27 bits per heavy atom. The van der Waals surface area contributed by atoms with Gasteiger partial charge in [-0.3, -0.25) is 0 Å². The molecule has 0 spiro atoms. The molecular formula is C30H50. The summed E-state index contributed by atoms with van der Waals surface area (Å²) in [5.74, 6) is 2.75. The van der Waals surface area contributed by atoms with Crippen LogP contribution in [-0.4, -0.2) is 0 Å². The molecule has 170 valence electrons. The topological polar surface area (TPSA) is 0 Å². The van der Waals surface area contributed by atoms with Gasteiger partial charge in [-0.05, 0) is 124 Å². The average Bonchev–Trinajstić information content (AvgIpc) is 2.99. The zero-order valence-corrected chi connectivity index (χ0v) is 21.6. The second kappa shape index (κ2) is 7.52. The summed E-state index contributed by atoms with van der Waals surface area (Å²) in [5.41, 5.74) is 7.28. The van der Waals surface area contributed by atoms with Crippen LogP contribution in [0.3, 0.4) is 0 Å². The van der Waals surface area contributed by atoms with E-state index in [1.807, 2.05) is 5.57 Å². The maximum atomic E-state index is 2.76. The zero-order chi connectivity index (χ0) is 21.9. The Kier molecular flexibility index (Phi) is 5.68. The molecular weight excluding hydrogens is 360 g/mol. The van der Waals surface area contributed by atoms with Gasteiger partial charge in [-0.15, -0.1) is 0 Å². The lowest BCUT2D eigenvalue weighted by molar-refractivity contribution is -0.197. The summed E-state index contributed by atoms with van der Waals surface area (Å²) in [6, 6.07) is 0. The molecule has 0 N–H and O–H groups in total. The Hall–Kier alpha value is -0.520. The lowest BCUT2D eigenvalue weighted by Crippen LogP contribution is -2.61. The first kappa shape index (κ1) is 22.7. The summed E-state index contributed by atoms with van der Waals surface area (Å²) in [6.07, 6.45) is 18.1. The highest BCUT2D eigenvalue weighted by Crippen LogP contribution is 2.75. The number of rotatable bonds is 3. The molecule has 0 saturated heterocycles. The fraction of sp³-hybridized carbons (Fsp3) is 0.867. The summed E-state index contributed by atoms with van der Waals surface area (Å²) in [6.45, 7) is 20.4. The van der Waals surface area contributed by atoms with Crippen molar-refractivity contribution in [2.24, 2.45) is 39.4 Å². The van der Waals surface area contributed by atoms with E-state index in [4.69, 9.17) is 0 Å². The molecule has 4 saturated carbocycles. The van der Waals surface area contributed by atoms with Crippen molar-refractivity contribution in [3.05, 3.63) is 22.8 Å². The van der Waals surface area contributed by atoms with Gasteiger partial charge < -0.3 is 0 Å². The van der Waals surface area contributed by atoms with Gasteiger partial charge in [0.2, 0.25) is 0 Å². The van der Waals surface area contributed by atoms with Gasteiger partial charge in [-0.1, -0.05) is 63.8 Å². The molecule has 4 fully saturated rings. The fourth-order valence-electron chi connectivity index (χ4n) is 9.87. The Bertz CT molecular complexity index is 731. The number of fused-ring (bicyclic) bond motifs is 5. The van der Waals surface area contributed by atoms with Crippen LogP contribution in [-0.2, 0) is 0 Å². The third-order valence-electron chi connectivity index (χ3n) is 11.6. The summed E-state index contributed by atoms with van der Waals surface area (Å²) >= 11 is 0. The number of hydrogen-bond donors (Lipinski definition) is 0. The van der Waals surface area contributed by atoms with Crippen LogP contribution in [0.1, 0.15) is 126 Å². The molecule has 4 aliphatic carbocycles. The van der Waals surface area contributed by atoms with Gasteiger partial charge in [0.25, 0.3) is 0 Å². The van der Waals surface area contributed by atoms with Gasteiger partial charge in [0.1, 0.15) is 0 Å². The van der Waals surface area contributed by atoms with Crippen molar-refractivity contribution >= 4 is 0 Å². The van der Waals surface area contributed by atoms with E-state index in [1.165, 1.54) is 76.2 Å². The molecule has 0 aromatic heterocycles. The second-order valence-corrected chi connectivity index (χ2v) is 13.6. The summed E-state index contributed by atoms with van der Waals surface area (Å²) < 4.78 is 0. The molecule has 0 nitrogen and oxygen atoms in total. The number of allylic oxidation sites excluding steroid dienone is 4. The average molecular weight is 411 g/mol. The minimum absolute atomic E-state index is 0.526. The summed E-state index contributed by atoms with van der Waals surface area (Å²) in [7, 11) is 0.